The van der Waals surface area contributed by atoms with Crippen LogP contribution in [0.3, 0.4) is 0 Å². The van der Waals surface area contributed by atoms with Gasteiger partial charge in [0, 0.05) is 0 Å². The van der Waals surface area contributed by atoms with Crippen LogP contribution in [0.25, 0.3) is 16.3 Å². The van der Waals surface area contributed by atoms with Crippen LogP contribution in [-0.4, -0.2) is 11.2 Å². The summed E-state index contributed by atoms with van der Waals surface area (Å²) in [7, 11) is 0. The third kappa shape index (κ3) is 1.98. The van der Waals surface area contributed by atoms with Crippen molar-refractivity contribution in [2.24, 2.45) is 0 Å². The Kier molecular flexibility index (Phi) is 2.69. The molecule has 0 spiro atoms. The molecule has 17 heavy (non-hydrogen) atoms. The summed E-state index contributed by atoms with van der Waals surface area (Å²) in [6, 6.07) is 14.9. The van der Waals surface area contributed by atoms with E-state index in [1.807, 2.05) is 0 Å². The van der Waals surface area contributed by atoms with Crippen molar-refractivity contribution in [3.63, 3.8) is 0 Å². The van der Waals surface area contributed by atoms with Gasteiger partial charge in [0.15, 0.2) is 0 Å². The normalized spacial score (nSPS) is 20.3. The number of rotatable bonds is 1. The van der Waals surface area contributed by atoms with Crippen LogP contribution in [0.1, 0.15) is 24.8 Å². The molecule has 1 nitrogen and oxygen atoms in total. The van der Waals surface area contributed by atoms with Crippen LogP contribution in [0.5, 0.6) is 0 Å². The number of fused-ring (bicyclic) bond motifs is 1. The van der Waals surface area contributed by atoms with Gasteiger partial charge in [0.2, 0.25) is 0 Å². The molecule has 2 aromatic rings. The third-order valence-corrected chi connectivity index (χ3v) is 3.52. The summed E-state index contributed by atoms with van der Waals surface area (Å²) < 4.78 is 0. The van der Waals surface area contributed by atoms with Crippen molar-refractivity contribution in [2.75, 3.05) is 0 Å². The Bertz CT molecular complexity index is 563. The molecule has 0 aliphatic heterocycles. The summed E-state index contributed by atoms with van der Waals surface area (Å²) in [5.41, 5.74) is 2.71. The molecule has 0 bridgehead atoms. The Morgan fingerprint density at radius 3 is 2.65 bits per heavy atom. The maximum absolute atomic E-state index is 9.54. The monoisotopic (exact) mass is 224 g/mol. The number of hydrogen-bond acceptors (Lipinski definition) is 1. The van der Waals surface area contributed by atoms with Crippen LogP contribution >= 0.6 is 0 Å². The fraction of sp³-hybridized carbons (Fsp3) is 0.250. The van der Waals surface area contributed by atoms with E-state index in [1.165, 1.54) is 21.9 Å². The predicted octanol–water partition coefficient (Wildman–Crippen LogP) is 3.77. The largest absolute Gasteiger partial charge is 0.393 e. The van der Waals surface area contributed by atoms with Crippen LogP contribution in [-0.2, 0) is 0 Å². The minimum Gasteiger partial charge on any atom is -0.393 e. The van der Waals surface area contributed by atoms with E-state index in [0.29, 0.717) is 0 Å². The number of hydrogen-bond donors (Lipinski definition) is 1. The molecule has 0 amide bonds. The Morgan fingerprint density at radius 1 is 1.00 bits per heavy atom. The van der Waals surface area contributed by atoms with Crippen molar-refractivity contribution in [2.45, 2.75) is 25.4 Å². The molecular weight excluding hydrogens is 208 g/mol. The zero-order valence-electron chi connectivity index (χ0n) is 9.76. The molecule has 3 rings (SSSR count). The lowest BCUT2D eigenvalue weighted by molar-refractivity contribution is 0.166. The standard InChI is InChI=1S/C16H16O/c17-14-10-8-13(9-11-14)16-7-3-5-12-4-1-2-6-15(12)16/h1-8,14,17H,9-11H2. The molecule has 1 aliphatic rings. The summed E-state index contributed by atoms with van der Waals surface area (Å²) in [6.45, 7) is 0. The van der Waals surface area contributed by atoms with Gasteiger partial charge in [-0.15, -0.1) is 0 Å². The fourth-order valence-electron chi connectivity index (χ4n) is 2.57. The second kappa shape index (κ2) is 4.34. The smallest absolute Gasteiger partial charge is 0.0578 e. The molecule has 2 aromatic carbocycles. The molecule has 0 heterocycles. The summed E-state index contributed by atoms with van der Waals surface area (Å²) >= 11 is 0. The van der Waals surface area contributed by atoms with Crippen molar-refractivity contribution in [1.29, 1.82) is 0 Å². The van der Waals surface area contributed by atoms with E-state index in [9.17, 15) is 5.11 Å². The van der Waals surface area contributed by atoms with Crippen molar-refractivity contribution in [3.8, 4) is 0 Å². The predicted molar refractivity (Wildman–Crippen MR) is 71.8 cm³/mol. The van der Waals surface area contributed by atoms with Crippen molar-refractivity contribution in [1.82, 2.24) is 0 Å². The van der Waals surface area contributed by atoms with Gasteiger partial charge >= 0.3 is 0 Å². The number of aliphatic hydroxyl groups is 1. The van der Waals surface area contributed by atoms with Gasteiger partial charge in [-0.3, -0.25) is 0 Å². The first-order chi connectivity index (χ1) is 8.34. The average Bonchev–Trinajstić information content (AvgIpc) is 2.39. The van der Waals surface area contributed by atoms with Gasteiger partial charge < -0.3 is 5.11 Å². The molecule has 0 saturated heterocycles. The van der Waals surface area contributed by atoms with Crippen LogP contribution < -0.4 is 0 Å². The molecule has 86 valence electrons. The minimum atomic E-state index is -0.145. The zero-order valence-corrected chi connectivity index (χ0v) is 9.76. The molecule has 1 unspecified atom stereocenters. The lowest BCUT2D eigenvalue weighted by Crippen LogP contribution is -2.09. The Morgan fingerprint density at radius 2 is 1.82 bits per heavy atom. The molecule has 0 fully saturated rings. The van der Waals surface area contributed by atoms with Crippen LogP contribution in [0, 0.1) is 0 Å². The van der Waals surface area contributed by atoms with E-state index < -0.39 is 0 Å². The van der Waals surface area contributed by atoms with E-state index in [0.717, 1.165) is 19.3 Å². The zero-order chi connectivity index (χ0) is 11.7. The van der Waals surface area contributed by atoms with Gasteiger partial charge in [0.25, 0.3) is 0 Å². The molecular formula is C16H16O. The molecule has 0 radical (unpaired) electrons. The van der Waals surface area contributed by atoms with Gasteiger partial charge in [-0.05, 0) is 41.2 Å². The van der Waals surface area contributed by atoms with E-state index in [1.54, 1.807) is 0 Å². The van der Waals surface area contributed by atoms with Gasteiger partial charge in [0.1, 0.15) is 0 Å². The Hall–Kier alpha value is -1.60. The number of allylic oxidation sites excluding steroid dienone is 1. The first-order valence-corrected chi connectivity index (χ1v) is 6.20. The maximum atomic E-state index is 9.54. The van der Waals surface area contributed by atoms with Gasteiger partial charge in [-0.25, -0.2) is 0 Å². The first-order valence-electron chi connectivity index (χ1n) is 6.20. The van der Waals surface area contributed by atoms with Crippen molar-refractivity contribution < 1.29 is 5.11 Å². The number of aliphatic hydroxyl groups excluding tert-OH is 1. The topological polar surface area (TPSA) is 20.2 Å². The fourth-order valence-corrected chi connectivity index (χ4v) is 2.57. The molecule has 0 aromatic heterocycles. The van der Waals surface area contributed by atoms with Crippen LogP contribution in [0.4, 0.5) is 0 Å². The molecule has 1 aliphatic carbocycles. The number of benzene rings is 2. The summed E-state index contributed by atoms with van der Waals surface area (Å²) in [6.07, 6.45) is 4.70. The SMILES string of the molecule is OC1CC=C(c2cccc3ccccc23)CC1. The van der Waals surface area contributed by atoms with E-state index in [2.05, 4.69) is 48.5 Å². The van der Waals surface area contributed by atoms with Gasteiger partial charge in [-0.2, -0.15) is 0 Å². The molecule has 1 heteroatoms. The highest BCUT2D eigenvalue weighted by Gasteiger charge is 2.14. The second-order valence-electron chi connectivity index (χ2n) is 4.68. The lowest BCUT2D eigenvalue weighted by atomic mass is 9.89. The second-order valence-corrected chi connectivity index (χ2v) is 4.68. The molecule has 0 saturated carbocycles. The molecule has 1 atom stereocenters. The van der Waals surface area contributed by atoms with Crippen molar-refractivity contribution >= 4 is 16.3 Å². The summed E-state index contributed by atoms with van der Waals surface area (Å²) in [5, 5.41) is 12.1. The summed E-state index contributed by atoms with van der Waals surface area (Å²) in [5.74, 6) is 0. The Labute approximate surface area is 101 Å². The first kappa shape index (κ1) is 10.5. The minimum absolute atomic E-state index is 0.145. The van der Waals surface area contributed by atoms with E-state index in [4.69, 9.17) is 0 Å². The van der Waals surface area contributed by atoms with E-state index in [-0.39, 0.29) is 6.10 Å². The summed E-state index contributed by atoms with van der Waals surface area (Å²) in [4.78, 5) is 0. The van der Waals surface area contributed by atoms with Gasteiger partial charge in [0.05, 0.1) is 6.10 Å². The van der Waals surface area contributed by atoms with Crippen molar-refractivity contribution in [3.05, 3.63) is 54.1 Å². The highest BCUT2D eigenvalue weighted by molar-refractivity contribution is 5.93. The third-order valence-electron chi connectivity index (χ3n) is 3.52. The van der Waals surface area contributed by atoms with E-state index >= 15 is 0 Å². The lowest BCUT2D eigenvalue weighted by Gasteiger charge is -2.18. The average molecular weight is 224 g/mol. The maximum Gasteiger partial charge on any atom is 0.0578 e. The highest BCUT2D eigenvalue weighted by Crippen LogP contribution is 2.31. The molecule has 1 N–H and O–H groups in total. The van der Waals surface area contributed by atoms with Crippen LogP contribution in [0.15, 0.2) is 48.5 Å². The quantitative estimate of drug-likeness (QED) is 0.781. The van der Waals surface area contributed by atoms with Gasteiger partial charge in [-0.1, -0.05) is 48.5 Å². The Balaban J connectivity index is 2.11. The highest BCUT2D eigenvalue weighted by atomic mass is 16.3. The van der Waals surface area contributed by atoms with Crippen LogP contribution in [0.2, 0.25) is 0 Å².